The molecule has 0 saturated carbocycles. The van der Waals surface area contributed by atoms with E-state index in [-0.39, 0.29) is 6.42 Å². The predicted molar refractivity (Wildman–Crippen MR) is 154 cm³/mol. The Balaban J connectivity index is 2.86. The highest BCUT2D eigenvalue weighted by Gasteiger charge is 2.28. The lowest BCUT2D eigenvalue weighted by Gasteiger charge is -2.28. The molecule has 0 heterocycles. The van der Waals surface area contributed by atoms with Crippen molar-refractivity contribution in [3.8, 4) is 0 Å². The lowest BCUT2D eigenvalue weighted by molar-refractivity contribution is 0.00625. The average Bonchev–Trinajstić information content (AvgIpc) is 2.85. The minimum Gasteiger partial charge on any atom is -0.462 e. The first kappa shape index (κ1) is 34.1. The van der Waals surface area contributed by atoms with E-state index in [1.54, 1.807) is 39.0 Å². The van der Waals surface area contributed by atoms with Crippen molar-refractivity contribution in [1.82, 2.24) is 0 Å². The number of ether oxygens (including phenoxy) is 2. The monoisotopic (exact) mass is 534 g/mol. The molecule has 1 aromatic rings. The highest BCUT2D eigenvalue weighted by atomic mass is 16.5. The molecule has 1 rings (SSSR count). The predicted octanol–water partition coefficient (Wildman–Crippen LogP) is 7.57. The third-order valence-electron chi connectivity index (χ3n) is 6.87. The summed E-state index contributed by atoms with van der Waals surface area (Å²) >= 11 is 0. The largest absolute Gasteiger partial charge is 0.462 e. The molecule has 0 aliphatic carbocycles. The Morgan fingerprint density at radius 3 is 1.74 bits per heavy atom. The van der Waals surface area contributed by atoms with Gasteiger partial charge in [0.25, 0.3) is 0 Å². The van der Waals surface area contributed by atoms with Crippen LogP contribution in [0.15, 0.2) is 18.2 Å². The Hall–Kier alpha value is -1.92. The summed E-state index contributed by atoms with van der Waals surface area (Å²) in [4.78, 5) is 25.7. The zero-order chi connectivity index (χ0) is 28.4. The Morgan fingerprint density at radius 2 is 1.21 bits per heavy atom. The summed E-state index contributed by atoms with van der Waals surface area (Å²) in [5, 5.41) is 21.2. The Labute approximate surface area is 231 Å². The summed E-state index contributed by atoms with van der Waals surface area (Å²) in [5.74, 6) is -0.873. The molecule has 0 amide bonds. The fourth-order valence-electron chi connectivity index (χ4n) is 4.40. The molecular weight excluding hydrogens is 480 g/mol. The van der Waals surface area contributed by atoms with E-state index in [1.807, 2.05) is 0 Å². The summed E-state index contributed by atoms with van der Waals surface area (Å²) in [6.45, 7) is 10.2. The molecule has 6 nitrogen and oxygen atoms in total. The van der Waals surface area contributed by atoms with Crippen LogP contribution in [-0.2, 0) is 15.9 Å². The number of carbonyl (C=O) groups excluding carboxylic acids is 2. The first-order chi connectivity index (χ1) is 18.0. The maximum Gasteiger partial charge on any atom is 0.338 e. The van der Waals surface area contributed by atoms with E-state index >= 15 is 0 Å². The normalized spacial score (nSPS) is 13.2. The van der Waals surface area contributed by atoms with Crippen molar-refractivity contribution in [3.63, 3.8) is 0 Å². The van der Waals surface area contributed by atoms with E-state index in [0.29, 0.717) is 42.7 Å². The van der Waals surface area contributed by atoms with Gasteiger partial charge in [0.2, 0.25) is 0 Å². The van der Waals surface area contributed by atoms with Gasteiger partial charge in [-0.25, -0.2) is 9.59 Å². The van der Waals surface area contributed by atoms with Gasteiger partial charge in [0.05, 0.1) is 35.5 Å². The molecule has 1 atom stereocenters. The van der Waals surface area contributed by atoms with Crippen LogP contribution < -0.4 is 0 Å². The lowest BCUT2D eigenvalue weighted by atomic mass is 9.86. The van der Waals surface area contributed by atoms with Crippen LogP contribution in [0.5, 0.6) is 0 Å². The minimum absolute atomic E-state index is 0.156. The number of carbonyl (C=O) groups is 2. The Bertz CT molecular complexity index is 809. The molecule has 38 heavy (non-hydrogen) atoms. The SMILES string of the molecule is CCCCCCCCOC(=O)c1ccc(C(=O)OCCCCCCCC)c(CC(C)(O)CCC(C)(C)O)c1. The Kier molecular flexibility index (Phi) is 16.5. The second-order valence-electron chi connectivity index (χ2n) is 11.7. The van der Waals surface area contributed by atoms with Crippen LogP contribution in [0, 0.1) is 0 Å². The van der Waals surface area contributed by atoms with E-state index in [4.69, 9.17) is 9.47 Å². The van der Waals surface area contributed by atoms with Gasteiger partial charge in [-0.05, 0) is 70.2 Å². The summed E-state index contributed by atoms with van der Waals surface area (Å²) in [6, 6.07) is 4.84. The van der Waals surface area contributed by atoms with Crippen molar-refractivity contribution >= 4 is 11.9 Å². The van der Waals surface area contributed by atoms with Crippen molar-refractivity contribution in [2.24, 2.45) is 0 Å². The van der Waals surface area contributed by atoms with Crippen LogP contribution in [0.2, 0.25) is 0 Å². The molecule has 1 aromatic carbocycles. The maximum absolute atomic E-state index is 12.9. The zero-order valence-electron chi connectivity index (χ0n) is 24.8. The Morgan fingerprint density at radius 1 is 0.711 bits per heavy atom. The minimum atomic E-state index is -1.17. The second-order valence-corrected chi connectivity index (χ2v) is 11.7. The summed E-state index contributed by atoms with van der Waals surface area (Å²) in [7, 11) is 0. The molecular formula is C32H54O6. The van der Waals surface area contributed by atoms with Gasteiger partial charge in [0.1, 0.15) is 0 Å². The first-order valence-electron chi connectivity index (χ1n) is 14.9. The molecule has 0 saturated heterocycles. The molecule has 218 valence electrons. The molecule has 2 N–H and O–H groups in total. The lowest BCUT2D eigenvalue weighted by Crippen LogP contribution is -2.32. The van der Waals surface area contributed by atoms with Crippen molar-refractivity contribution in [3.05, 3.63) is 34.9 Å². The third-order valence-corrected chi connectivity index (χ3v) is 6.87. The first-order valence-corrected chi connectivity index (χ1v) is 14.9. The molecule has 0 bridgehead atoms. The van der Waals surface area contributed by atoms with Gasteiger partial charge in [-0.15, -0.1) is 0 Å². The third kappa shape index (κ3) is 15.5. The smallest absolute Gasteiger partial charge is 0.338 e. The van der Waals surface area contributed by atoms with Crippen molar-refractivity contribution in [2.45, 2.75) is 142 Å². The van der Waals surface area contributed by atoms with Gasteiger partial charge in [0, 0.05) is 6.42 Å². The standard InChI is InChI=1S/C32H54O6/c1-6-8-10-12-14-16-22-37-29(33)26-18-19-28(30(34)38-23-17-15-13-11-9-7-2)27(24-26)25-32(5,36)21-20-31(3,4)35/h18-19,24,35-36H,6-17,20-23,25H2,1-5H3. The summed E-state index contributed by atoms with van der Waals surface area (Å²) in [5.41, 5.74) is -0.822. The van der Waals surface area contributed by atoms with E-state index in [9.17, 15) is 19.8 Å². The molecule has 0 aliphatic heterocycles. The molecule has 6 heteroatoms. The number of esters is 2. The van der Waals surface area contributed by atoms with Crippen LogP contribution in [0.1, 0.15) is 151 Å². The van der Waals surface area contributed by atoms with E-state index in [0.717, 1.165) is 38.5 Å². The topological polar surface area (TPSA) is 93.1 Å². The van der Waals surface area contributed by atoms with Gasteiger partial charge in [-0.3, -0.25) is 0 Å². The van der Waals surface area contributed by atoms with Gasteiger partial charge in [-0.2, -0.15) is 0 Å². The van der Waals surface area contributed by atoms with E-state index in [2.05, 4.69) is 13.8 Å². The number of rotatable bonds is 21. The van der Waals surface area contributed by atoms with Crippen LogP contribution >= 0.6 is 0 Å². The zero-order valence-corrected chi connectivity index (χ0v) is 24.8. The molecule has 0 radical (unpaired) electrons. The fourth-order valence-corrected chi connectivity index (χ4v) is 4.40. The molecule has 0 aliphatic rings. The second kappa shape index (κ2) is 18.4. The number of hydrogen-bond donors (Lipinski definition) is 2. The summed E-state index contributed by atoms with van der Waals surface area (Å²) < 4.78 is 11.0. The van der Waals surface area contributed by atoms with Gasteiger partial charge in [0.15, 0.2) is 0 Å². The van der Waals surface area contributed by atoms with Gasteiger partial charge in [-0.1, -0.05) is 78.1 Å². The maximum atomic E-state index is 12.9. The quantitative estimate of drug-likeness (QED) is 0.125. The van der Waals surface area contributed by atoms with Crippen LogP contribution in [-0.4, -0.2) is 46.6 Å². The fraction of sp³-hybridized carbons (Fsp3) is 0.750. The molecule has 1 unspecified atom stereocenters. The molecule has 0 fully saturated rings. The van der Waals surface area contributed by atoms with E-state index in [1.165, 1.54) is 38.5 Å². The van der Waals surface area contributed by atoms with Crippen LogP contribution in [0.3, 0.4) is 0 Å². The average molecular weight is 535 g/mol. The van der Waals surface area contributed by atoms with Crippen molar-refractivity contribution < 1.29 is 29.3 Å². The number of hydrogen-bond acceptors (Lipinski definition) is 6. The summed E-state index contributed by atoms with van der Waals surface area (Å²) in [6.07, 6.45) is 14.1. The number of unbranched alkanes of at least 4 members (excludes halogenated alkanes) is 10. The van der Waals surface area contributed by atoms with Crippen molar-refractivity contribution in [1.29, 1.82) is 0 Å². The highest BCUT2D eigenvalue weighted by Crippen LogP contribution is 2.26. The van der Waals surface area contributed by atoms with Crippen molar-refractivity contribution in [2.75, 3.05) is 13.2 Å². The number of benzene rings is 1. The van der Waals surface area contributed by atoms with Crippen LogP contribution in [0.4, 0.5) is 0 Å². The van der Waals surface area contributed by atoms with Gasteiger partial charge < -0.3 is 19.7 Å². The van der Waals surface area contributed by atoms with Gasteiger partial charge >= 0.3 is 11.9 Å². The highest BCUT2D eigenvalue weighted by molar-refractivity contribution is 5.95. The number of aliphatic hydroxyl groups is 2. The molecule has 0 aromatic heterocycles. The van der Waals surface area contributed by atoms with E-state index < -0.39 is 23.1 Å². The van der Waals surface area contributed by atoms with Crippen LogP contribution in [0.25, 0.3) is 0 Å². The molecule has 0 spiro atoms.